The van der Waals surface area contributed by atoms with Crippen molar-refractivity contribution in [3.05, 3.63) is 48.5 Å². The molecule has 1 unspecified atom stereocenters. The van der Waals surface area contributed by atoms with E-state index in [4.69, 9.17) is 5.26 Å². The fourth-order valence-corrected chi connectivity index (χ4v) is 3.06. The first-order valence-electron chi connectivity index (χ1n) is 9.29. The molecule has 3 aromatic heterocycles. The lowest BCUT2D eigenvalue weighted by Crippen LogP contribution is -2.27. The van der Waals surface area contributed by atoms with E-state index in [-0.39, 0.29) is 5.91 Å². The smallest absolute Gasteiger partial charge is 0.244 e. The maximum absolute atomic E-state index is 12.4. The van der Waals surface area contributed by atoms with E-state index in [1.54, 1.807) is 15.6 Å². The molecule has 1 saturated heterocycles. The highest BCUT2D eigenvalue weighted by atomic mass is 16.2. The van der Waals surface area contributed by atoms with Crippen molar-refractivity contribution in [1.82, 2.24) is 14.6 Å². The van der Waals surface area contributed by atoms with Crippen molar-refractivity contribution in [3.63, 3.8) is 0 Å². The zero-order valence-corrected chi connectivity index (χ0v) is 15.3. The molecule has 0 aromatic carbocycles. The molecule has 0 spiro atoms. The molecule has 1 amide bonds. The Morgan fingerprint density at radius 3 is 2.63 bits per heavy atom. The van der Waals surface area contributed by atoms with E-state index in [0.29, 0.717) is 13.0 Å². The first-order valence-corrected chi connectivity index (χ1v) is 9.29. The minimum absolute atomic E-state index is 0.134. The van der Waals surface area contributed by atoms with E-state index in [2.05, 4.69) is 16.2 Å². The molecule has 2 aliphatic rings. The Morgan fingerprint density at radius 1 is 1.19 bits per heavy atom. The molecule has 3 aromatic rings. The second kappa shape index (κ2) is 7.20. The summed E-state index contributed by atoms with van der Waals surface area (Å²) in [6.07, 6.45) is 10.5. The Labute approximate surface area is 158 Å². The number of fused-ring (bicyclic) bond motifs is 1. The van der Waals surface area contributed by atoms with Crippen molar-refractivity contribution in [1.29, 1.82) is 5.26 Å². The second-order valence-corrected chi connectivity index (χ2v) is 6.98. The fraction of sp³-hybridized carbons (Fsp3) is 0.333. The summed E-state index contributed by atoms with van der Waals surface area (Å²) in [5.74, 6) is -0.681. The summed E-state index contributed by atoms with van der Waals surface area (Å²) in [6, 6.07) is 9.88. The molecule has 27 heavy (non-hydrogen) atoms. The highest BCUT2D eigenvalue weighted by Gasteiger charge is 2.33. The Bertz CT molecular complexity index is 1010. The SMILES string of the molecule is C1CC1.Cc1ccc(-c2cc3c(N4CCC(C#N)C4=O)ccnn3c2)cn1. The quantitative estimate of drug-likeness (QED) is 0.698. The van der Waals surface area contributed by atoms with Crippen LogP contribution < -0.4 is 4.90 Å². The number of aromatic nitrogens is 3. The van der Waals surface area contributed by atoms with Crippen molar-refractivity contribution in [2.75, 3.05) is 11.4 Å². The summed E-state index contributed by atoms with van der Waals surface area (Å²) in [7, 11) is 0. The van der Waals surface area contributed by atoms with Gasteiger partial charge in [0.05, 0.1) is 17.3 Å². The predicted octanol–water partition coefficient (Wildman–Crippen LogP) is 3.75. The van der Waals surface area contributed by atoms with Crippen LogP contribution in [0.3, 0.4) is 0 Å². The van der Waals surface area contributed by atoms with Gasteiger partial charge in [0.2, 0.25) is 5.91 Å². The van der Waals surface area contributed by atoms with Crippen molar-refractivity contribution in [2.45, 2.75) is 32.6 Å². The van der Waals surface area contributed by atoms with Gasteiger partial charge in [-0.2, -0.15) is 10.4 Å². The first-order chi connectivity index (χ1) is 13.2. The van der Waals surface area contributed by atoms with Gasteiger partial charge in [0, 0.05) is 42.0 Å². The summed E-state index contributed by atoms with van der Waals surface area (Å²) < 4.78 is 1.76. The van der Waals surface area contributed by atoms with Crippen molar-refractivity contribution < 1.29 is 4.79 Å². The minimum Gasteiger partial charge on any atom is -0.309 e. The molecule has 1 aliphatic heterocycles. The zero-order valence-electron chi connectivity index (χ0n) is 15.3. The van der Waals surface area contributed by atoms with Crippen molar-refractivity contribution in [3.8, 4) is 17.2 Å². The van der Waals surface area contributed by atoms with Crippen LogP contribution in [0.1, 0.15) is 31.4 Å². The van der Waals surface area contributed by atoms with Gasteiger partial charge in [-0.3, -0.25) is 9.78 Å². The largest absolute Gasteiger partial charge is 0.309 e. The Balaban J connectivity index is 0.000000547. The monoisotopic (exact) mass is 359 g/mol. The van der Waals surface area contributed by atoms with Crippen LogP contribution in [0.4, 0.5) is 5.69 Å². The van der Waals surface area contributed by atoms with Gasteiger partial charge >= 0.3 is 0 Å². The minimum atomic E-state index is -0.547. The maximum Gasteiger partial charge on any atom is 0.244 e. The van der Waals surface area contributed by atoms with E-state index in [9.17, 15) is 4.79 Å². The normalized spacial score (nSPS) is 18.1. The van der Waals surface area contributed by atoms with Gasteiger partial charge in [0.15, 0.2) is 0 Å². The van der Waals surface area contributed by atoms with Gasteiger partial charge < -0.3 is 4.90 Å². The average molecular weight is 359 g/mol. The van der Waals surface area contributed by atoms with Gasteiger partial charge in [-0.15, -0.1) is 0 Å². The summed E-state index contributed by atoms with van der Waals surface area (Å²) in [5, 5.41) is 13.4. The van der Waals surface area contributed by atoms with E-state index in [1.807, 2.05) is 43.6 Å². The van der Waals surface area contributed by atoms with E-state index in [1.165, 1.54) is 19.3 Å². The topological polar surface area (TPSA) is 74.3 Å². The number of nitriles is 1. The number of anilines is 1. The highest BCUT2D eigenvalue weighted by Crippen LogP contribution is 2.31. The maximum atomic E-state index is 12.4. The molecule has 0 N–H and O–H groups in total. The number of nitrogens with zero attached hydrogens (tertiary/aromatic N) is 5. The molecule has 136 valence electrons. The molecule has 1 saturated carbocycles. The van der Waals surface area contributed by atoms with Gasteiger partial charge in [0.25, 0.3) is 0 Å². The van der Waals surface area contributed by atoms with Crippen LogP contribution >= 0.6 is 0 Å². The van der Waals surface area contributed by atoms with Crippen LogP contribution in [0.15, 0.2) is 42.9 Å². The number of rotatable bonds is 2. The number of carbonyl (C=O) groups is 1. The highest BCUT2D eigenvalue weighted by molar-refractivity contribution is 6.02. The number of hydrogen-bond donors (Lipinski definition) is 0. The van der Waals surface area contributed by atoms with E-state index in [0.717, 1.165) is 28.0 Å². The Kier molecular flexibility index (Phi) is 4.59. The predicted molar refractivity (Wildman–Crippen MR) is 103 cm³/mol. The summed E-state index contributed by atoms with van der Waals surface area (Å²) in [5.41, 5.74) is 4.59. The third kappa shape index (κ3) is 3.54. The Morgan fingerprint density at radius 2 is 2.00 bits per heavy atom. The standard InChI is InChI=1S/C18H15N5O.C3H6/c1-12-2-3-14(10-20-12)15-8-17-16(4-6-21-23(17)11-15)22-7-5-13(9-19)18(22)24;1-2-3-1/h2-4,6,8,10-11,13H,5,7H2,1H3;1-3H2. The molecule has 5 rings (SSSR count). The van der Waals surface area contributed by atoms with Crippen LogP contribution in [0.2, 0.25) is 0 Å². The van der Waals surface area contributed by atoms with Crippen LogP contribution in [0.5, 0.6) is 0 Å². The summed E-state index contributed by atoms with van der Waals surface area (Å²) in [6.45, 7) is 2.51. The number of amides is 1. The third-order valence-electron chi connectivity index (χ3n) is 4.74. The van der Waals surface area contributed by atoms with Crippen molar-refractivity contribution in [2.24, 2.45) is 5.92 Å². The third-order valence-corrected chi connectivity index (χ3v) is 4.74. The van der Waals surface area contributed by atoms with Gasteiger partial charge in [-0.25, -0.2) is 4.52 Å². The lowest BCUT2D eigenvalue weighted by molar-refractivity contribution is -0.118. The van der Waals surface area contributed by atoms with Crippen LogP contribution in [-0.2, 0) is 4.79 Å². The van der Waals surface area contributed by atoms with E-state index < -0.39 is 5.92 Å². The van der Waals surface area contributed by atoms with Crippen LogP contribution in [0.25, 0.3) is 16.6 Å². The second-order valence-electron chi connectivity index (χ2n) is 6.98. The van der Waals surface area contributed by atoms with Crippen molar-refractivity contribution >= 4 is 17.1 Å². The molecule has 1 atom stereocenters. The molecule has 2 fully saturated rings. The number of pyridine rings is 1. The summed E-state index contributed by atoms with van der Waals surface area (Å²) >= 11 is 0. The van der Waals surface area contributed by atoms with Gasteiger partial charge in [-0.1, -0.05) is 25.3 Å². The lowest BCUT2D eigenvalue weighted by Gasteiger charge is -2.16. The number of hydrogen-bond acceptors (Lipinski definition) is 4. The molecule has 1 aliphatic carbocycles. The molecule has 6 nitrogen and oxygen atoms in total. The number of carbonyl (C=O) groups excluding carboxylic acids is 1. The Hall–Kier alpha value is -3.20. The average Bonchev–Trinajstić information content (AvgIpc) is 3.43. The zero-order chi connectivity index (χ0) is 18.8. The molecule has 4 heterocycles. The van der Waals surface area contributed by atoms with Gasteiger partial charge in [-0.05, 0) is 31.5 Å². The van der Waals surface area contributed by atoms with Crippen LogP contribution in [-0.4, -0.2) is 27.0 Å². The van der Waals surface area contributed by atoms with E-state index >= 15 is 0 Å². The fourth-order valence-electron chi connectivity index (χ4n) is 3.06. The molecular weight excluding hydrogens is 338 g/mol. The molecule has 0 radical (unpaired) electrons. The first kappa shape index (κ1) is 17.2. The number of aryl methyl sites for hydroxylation is 1. The lowest BCUT2D eigenvalue weighted by atomic mass is 10.1. The summed E-state index contributed by atoms with van der Waals surface area (Å²) in [4.78, 5) is 18.4. The van der Waals surface area contributed by atoms with Crippen LogP contribution in [0, 0.1) is 24.2 Å². The molecule has 0 bridgehead atoms. The molecule has 6 heteroatoms. The van der Waals surface area contributed by atoms with Gasteiger partial charge in [0.1, 0.15) is 5.92 Å². The molecular formula is C21H21N5O.